The third-order valence-corrected chi connectivity index (χ3v) is 3.32. The normalized spacial score (nSPS) is 24.5. The number of amides is 1. The molecule has 1 heterocycles. The van der Waals surface area contributed by atoms with Crippen molar-refractivity contribution in [3.8, 4) is 0 Å². The zero-order valence-corrected chi connectivity index (χ0v) is 10.0. The van der Waals surface area contributed by atoms with E-state index in [1.807, 2.05) is 18.2 Å². The van der Waals surface area contributed by atoms with E-state index in [9.17, 15) is 4.79 Å². The van der Waals surface area contributed by atoms with Gasteiger partial charge in [0, 0.05) is 25.0 Å². The van der Waals surface area contributed by atoms with Crippen LogP contribution < -0.4 is 5.73 Å². The summed E-state index contributed by atoms with van der Waals surface area (Å²) in [6, 6.07) is 10.2. The molecule has 4 nitrogen and oxygen atoms in total. The minimum Gasteiger partial charge on any atom is -0.453 e. The van der Waals surface area contributed by atoms with E-state index in [-0.39, 0.29) is 12.1 Å². The van der Waals surface area contributed by atoms with Gasteiger partial charge in [-0.05, 0) is 12.0 Å². The van der Waals surface area contributed by atoms with Gasteiger partial charge in [0.05, 0.1) is 7.11 Å². The predicted octanol–water partition coefficient (Wildman–Crippen LogP) is 1.57. The van der Waals surface area contributed by atoms with Gasteiger partial charge in [0.1, 0.15) is 0 Å². The Morgan fingerprint density at radius 1 is 1.41 bits per heavy atom. The van der Waals surface area contributed by atoms with E-state index in [1.54, 1.807) is 4.90 Å². The van der Waals surface area contributed by atoms with Crippen LogP contribution in [0.1, 0.15) is 17.9 Å². The Bertz CT molecular complexity index is 380. The van der Waals surface area contributed by atoms with Crippen molar-refractivity contribution in [2.45, 2.75) is 18.4 Å². The summed E-state index contributed by atoms with van der Waals surface area (Å²) >= 11 is 0. The van der Waals surface area contributed by atoms with Gasteiger partial charge in [0.15, 0.2) is 0 Å². The van der Waals surface area contributed by atoms with Crippen molar-refractivity contribution in [2.75, 3.05) is 20.2 Å². The molecule has 92 valence electrons. The van der Waals surface area contributed by atoms with Crippen LogP contribution in [-0.4, -0.2) is 37.2 Å². The molecule has 1 amide bonds. The summed E-state index contributed by atoms with van der Waals surface area (Å²) in [6.07, 6.45) is 0.604. The molecular formula is C13H18N2O2. The molecule has 0 spiro atoms. The average molecular weight is 234 g/mol. The number of hydrogen-bond donors (Lipinski definition) is 1. The van der Waals surface area contributed by atoms with Gasteiger partial charge < -0.3 is 15.4 Å². The summed E-state index contributed by atoms with van der Waals surface area (Å²) in [5.41, 5.74) is 7.40. The molecule has 4 heteroatoms. The highest BCUT2D eigenvalue weighted by atomic mass is 16.5. The third kappa shape index (κ3) is 2.58. The second-order valence-corrected chi connectivity index (χ2v) is 4.39. The molecule has 0 aliphatic carbocycles. The van der Waals surface area contributed by atoms with Gasteiger partial charge in [-0.2, -0.15) is 0 Å². The highest BCUT2D eigenvalue weighted by Crippen LogP contribution is 2.27. The van der Waals surface area contributed by atoms with Crippen molar-refractivity contribution in [3.05, 3.63) is 35.9 Å². The summed E-state index contributed by atoms with van der Waals surface area (Å²) in [6.45, 7) is 1.27. The SMILES string of the molecule is COC(=O)N1CCC(c2ccccc2)C(N)C1. The number of methoxy groups -OCH3 is 1. The second kappa shape index (κ2) is 5.19. The number of piperidine rings is 1. The highest BCUT2D eigenvalue weighted by molar-refractivity contribution is 5.67. The van der Waals surface area contributed by atoms with Crippen LogP contribution in [0, 0.1) is 0 Å². The number of nitrogens with zero attached hydrogens (tertiary/aromatic N) is 1. The molecule has 17 heavy (non-hydrogen) atoms. The van der Waals surface area contributed by atoms with E-state index < -0.39 is 0 Å². The number of carbonyl (C=O) groups excluding carboxylic acids is 1. The Morgan fingerprint density at radius 2 is 2.12 bits per heavy atom. The van der Waals surface area contributed by atoms with Crippen molar-refractivity contribution in [2.24, 2.45) is 5.73 Å². The molecule has 0 aromatic heterocycles. The quantitative estimate of drug-likeness (QED) is 0.802. The molecule has 1 aliphatic rings. The van der Waals surface area contributed by atoms with Gasteiger partial charge in [0.2, 0.25) is 0 Å². The van der Waals surface area contributed by atoms with Gasteiger partial charge in [-0.25, -0.2) is 4.79 Å². The van der Waals surface area contributed by atoms with Gasteiger partial charge in [-0.1, -0.05) is 30.3 Å². The summed E-state index contributed by atoms with van der Waals surface area (Å²) in [7, 11) is 1.40. The maximum absolute atomic E-state index is 11.4. The fraction of sp³-hybridized carbons (Fsp3) is 0.462. The Morgan fingerprint density at radius 3 is 2.71 bits per heavy atom. The van der Waals surface area contributed by atoms with E-state index in [4.69, 9.17) is 10.5 Å². The van der Waals surface area contributed by atoms with E-state index >= 15 is 0 Å². The molecule has 1 saturated heterocycles. The second-order valence-electron chi connectivity index (χ2n) is 4.39. The standard InChI is InChI=1S/C13H18N2O2/c1-17-13(16)15-8-7-11(12(14)9-15)10-5-3-2-4-6-10/h2-6,11-12H,7-9,14H2,1H3. The van der Waals surface area contributed by atoms with Crippen LogP contribution in [0.5, 0.6) is 0 Å². The third-order valence-electron chi connectivity index (χ3n) is 3.32. The van der Waals surface area contributed by atoms with Gasteiger partial charge in [-0.3, -0.25) is 0 Å². The van der Waals surface area contributed by atoms with Crippen LogP contribution in [0.2, 0.25) is 0 Å². The van der Waals surface area contributed by atoms with Crippen LogP contribution in [0.25, 0.3) is 0 Å². The highest BCUT2D eigenvalue weighted by Gasteiger charge is 2.30. The van der Waals surface area contributed by atoms with Crippen molar-refractivity contribution in [3.63, 3.8) is 0 Å². The molecule has 1 aromatic carbocycles. The first kappa shape index (κ1) is 11.9. The van der Waals surface area contributed by atoms with Gasteiger partial charge in [0.25, 0.3) is 0 Å². The maximum atomic E-state index is 11.4. The molecule has 2 atom stereocenters. The lowest BCUT2D eigenvalue weighted by Gasteiger charge is -2.36. The maximum Gasteiger partial charge on any atom is 0.409 e. The van der Waals surface area contributed by atoms with Crippen LogP contribution >= 0.6 is 0 Å². The van der Waals surface area contributed by atoms with Gasteiger partial charge >= 0.3 is 6.09 Å². The van der Waals surface area contributed by atoms with Gasteiger partial charge in [-0.15, -0.1) is 0 Å². The topological polar surface area (TPSA) is 55.6 Å². The molecular weight excluding hydrogens is 216 g/mol. The minimum atomic E-state index is -0.285. The average Bonchev–Trinajstić information content (AvgIpc) is 2.38. The van der Waals surface area contributed by atoms with Crippen molar-refractivity contribution >= 4 is 6.09 Å². The summed E-state index contributed by atoms with van der Waals surface area (Å²) in [5.74, 6) is 0.331. The molecule has 0 radical (unpaired) electrons. The largest absolute Gasteiger partial charge is 0.453 e. The molecule has 1 fully saturated rings. The first-order chi connectivity index (χ1) is 8.22. The number of ether oxygens (including phenoxy) is 1. The molecule has 0 bridgehead atoms. The molecule has 2 rings (SSSR count). The van der Waals surface area contributed by atoms with E-state index in [0.29, 0.717) is 19.0 Å². The summed E-state index contributed by atoms with van der Waals surface area (Å²) in [5, 5.41) is 0. The number of carbonyl (C=O) groups is 1. The first-order valence-electron chi connectivity index (χ1n) is 5.86. The first-order valence-corrected chi connectivity index (χ1v) is 5.86. The lowest BCUT2D eigenvalue weighted by molar-refractivity contribution is 0.107. The molecule has 1 aliphatic heterocycles. The number of hydrogen-bond acceptors (Lipinski definition) is 3. The monoisotopic (exact) mass is 234 g/mol. The number of benzene rings is 1. The molecule has 2 unspecified atom stereocenters. The summed E-state index contributed by atoms with van der Waals surface area (Å²) in [4.78, 5) is 13.1. The minimum absolute atomic E-state index is 0.0229. The van der Waals surface area contributed by atoms with E-state index in [1.165, 1.54) is 12.7 Å². The van der Waals surface area contributed by atoms with Crippen LogP contribution in [0.15, 0.2) is 30.3 Å². The van der Waals surface area contributed by atoms with Crippen LogP contribution in [-0.2, 0) is 4.74 Å². The number of rotatable bonds is 1. The molecule has 1 aromatic rings. The van der Waals surface area contributed by atoms with Crippen molar-refractivity contribution in [1.82, 2.24) is 4.90 Å². The van der Waals surface area contributed by atoms with E-state index in [2.05, 4.69) is 12.1 Å². The lowest BCUT2D eigenvalue weighted by Crippen LogP contribution is -2.49. The summed E-state index contributed by atoms with van der Waals surface area (Å²) < 4.78 is 4.71. The molecule has 0 saturated carbocycles. The Kier molecular flexibility index (Phi) is 3.64. The smallest absolute Gasteiger partial charge is 0.409 e. The zero-order chi connectivity index (χ0) is 12.3. The fourth-order valence-corrected chi connectivity index (χ4v) is 2.39. The Labute approximate surface area is 101 Å². The fourth-order valence-electron chi connectivity index (χ4n) is 2.39. The van der Waals surface area contributed by atoms with Crippen molar-refractivity contribution < 1.29 is 9.53 Å². The van der Waals surface area contributed by atoms with Crippen LogP contribution in [0.4, 0.5) is 4.79 Å². The molecule has 2 N–H and O–H groups in total. The Balaban J connectivity index is 2.04. The predicted molar refractivity (Wildman–Crippen MR) is 65.8 cm³/mol. The van der Waals surface area contributed by atoms with Crippen LogP contribution in [0.3, 0.4) is 0 Å². The number of likely N-dealkylation sites (tertiary alicyclic amines) is 1. The zero-order valence-electron chi connectivity index (χ0n) is 10.0. The van der Waals surface area contributed by atoms with E-state index in [0.717, 1.165) is 6.42 Å². The van der Waals surface area contributed by atoms with Crippen molar-refractivity contribution in [1.29, 1.82) is 0 Å². The Hall–Kier alpha value is -1.55. The lowest BCUT2D eigenvalue weighted by atomic mass is 9.86. The number of nitrogens with two attached hydrogens (primary N) is 1.